The van der Waals surface area contributed by atoms with Gasteiger partial charge in [-0.1, -0.05) is 0 Å². The van der Waals surface area contributed by atoms with Gasteiger partial charge in [0.25, 0.3) is 0 Å². The quantitative estimate of drug-likeness (QED) is 0.254. The van der Waals surface area contributed by atoms with Gasteiger partial charge in [0.15, 0.2) is 6.23 Å². The lowest BCUT2D eigenvalue weighted by Crippen LogP contribution is -2.65. The van der Waals surface area contributed by atoms with Gasteiger partial charge in [0, 0.05) is 0 Å². The molecule has 0 bridgehead atoms. The minimum absolute atomic E-state index is 0.431. The van der Waals surface area contributed by atoms with Gasteiger partial charge in [0.1, 0.15) is 18.3 Å². The van der Waals surface area contributed by atoms with Crippen LogP contribution < -0.4 is 11.2 Å². The average Bonchev–Trinajstić information content (AvgIpc) is 2.15. The van der Waals surface area contributed by atoms with E-state index in [2.05, 4.69) is 0 Å². The maximum Gasteiger partial charge on any atom is 0.157 e. The van der Waals surface area contributed by atoms with Crippen molar-refractivity contribution in [3.05, 3.63) is 0 Å². The Balaban J connectivity index is 2.66. The number of aliphatic hydroxyl groups excluding tert-OH is 3. The Labute approximate surface area is 74.7 Å². The van der Waals surface area contributed by atoms with E-state index in [1.54, 1.807) is 5.48 Å². The van der Waals surface area contributed by atoms with Crippen LogP contribution in [-0.4, -0.2) is 57.7 Å². The number of hydrogen-bond donors (Lipinski definition) is 6. The molecular weight excluding hydrogens is 180 g/mol. The van der Waals surface area contributed by atoms with Gasteiger partial charge in [-0.3, -0.25) is 0 Å². The molecule has 13 heavy (non-hydrogen) atoms. The fourth-order valence-electron chi connectivity index (χ4n) is 1.26. The maximum atomic E-state index is 9.34. The van der Waals surface area contributed by atoms with E-state index in [0.717, 1.165) is 0 Å². The normalized spacial score (nSPS) is 46.4. The highest BCUT2D eigenvalue weighted by atomic mass is 16.6. The number of hydrogen-bond acceptors (Lipinski definition) is 7. The van der Waals surface area contributed by atoms with Crippen LogP contribution in [-0.2, 0) is 4.74 Å². The molecule has 0 spiro atoms. The lowest BCUT2D eigenvalue weighted by Gasteiger charge is -2.39. The number of nitrogens with two attached hydrogens (primary N) is 1. The van der Waals surface area contributed by atoms with Crippen LogP contribution in [0.1, 0.15) is 0 Å². The minimum atomic E-state index is -1.22. The summed E-state index contributed by atoms with van der Waals surface area (Å²) < 4.78 is 4.89. The van der Waals surface area contributed by atoms with Gasteiger partial charge in [0.05, 0.1) is 12.6 Å². The zero-order valence-electron chi connectivity index (χ0n) is 6.87. The molecule has 1 fully saturated rings. The summed E-state index contributed by atoms with van der Waals surface area (Å²) in [6.45, 7) is -0.431. The van der Waals surface area contributed by atoms with E-state index in [-0.39, 0.29) is 0 Å². The first-order valence-electron chi connectivity index (χ1n) is 3.89. The van der Waals surface area contributed by atoms with Crippen molar-refractivity contribution in [1.82, 2.24) is 5.48 Å². The summed E-state index contributed by atoms with van der Waals surface area (Å²) in [5.41, 5.74) is 7.11. The van der Waals surface area contributed by atoms with Crippen LogP contribution in [0.15, 0.2) is 0 Å². The second kappa shape index (κ2) is 4.29. The van der Waals surface area contributed by atoms with Crippen LogP contribution >= 0.6 is 0 Å². The standard InChI is InChI=1S/C6H14N2O5/c7-3-4(10)2(1-9)13-6(8-12)5(3)11/h2-6,8-12H,1,7H2. The molecule has 1 aliphatic heterocycles. The summed E-state index contributed by atoms with van der Waals surface area (Å²) >= 11 is 0. The Morgan fingerprint density at radius 2 is 1.92 bits per heavy atom. The highest BCUT2D eigenvalue weighted by molar-refractivity contribution is 4.92. The number of hydroxylamine groups is 1. The number of rotatable bonds is 2. The minimum Gasteiger partial charge on any atom is -0.394 e. The molecule has 0 aromatic carbocycles. The maximum absolute atomic E-state index is 9.34. The highest BCUT2D eigenvalue weighted by Gasteiger charge is 2.42. The lowest BCUT2D eigenvalue weighted by molar-refractivity contribution is -0.221. The van der Waals surface area contributed by atoms with Crippen LogP contribution in [0.25, 0.3) is 0 Å². The first kappa shape index (κ1) is 10.8. The Bertz CT molecular complexity index is 149. The van der Waals surface area contributed by atoms with Gasteiger partial charge in [0.2, 0.25) is 0 Å². The molecule has 0 aromatic heterocycles. The zero-order chi connectivity index (χ0) is 10.0. The largest absolute Gasteiger partial charge is 0.394 e. The Morgan fingerprint density at radius 1 is 1.31 bits per heavy atom. The molecule has 5 atom stereocenters. The van der Waals surface area contributed by atoms with Crippen molar-refractivity contribution in [1.29, 1.82) is 0 Å². The van der Waals surface area contributed by atoms with E-state index in [0.29, 0.717) is 0 Å². The topological polar surface area (TPSA) is 128 Å². The van der Waals surface area contributed by atoms with Crippen LogP contribution in [0.5, 0.6) is 0 Å². The fourth-order valence-corrected chi connectivity index (χ4v) is 1.26. The van der Waals surface area contributed by atoms with E-state index < -0.39 is 37.2 Å². The zero-order valence-corrected chi connectivity index (χ0v) is 6.87. The van der Waals surface area contributed by atoms with E-state index in [1.807, 2.05) is 0 Å². The predicted molar refractivity (Wildman–Crippen MR) is 40.7 cm³/mol. The summed E-state index contributed by atoms with van der Waals surface area (Å²) in [7, 11) is 0. The van der Waals surface area contributed by atoms with Crippen molar-refractivity contribution in [2.24, 2.45) is 5.73 Å². The summed E-state index contributed by atoms with van der Waals surface area (Å²) in [4.78, 5) is 0. The molecule has 7 nitrogen and oxygen atoms in total. The second-order valence-corrected chi connectivity index (χ2v) is 2.97. The average molecular weight is 194 g/mol. The SMILES string of the molecule is NC1C(O)C(CO)OC(NO)C1O. The molecule has 0 saturated carbocycles. The van der Waals surface area contributed by atoms with Crippen molar-refractivity contribution in [3.8, 4) is 0 Å². The van der Waals surface area contributed by atoms with Crippen molar-refractivity contribution < 1.29 is 25.3 Å². The number of aliphatic hydroxyl groups is 3. The van der Waals surface area contributed by atoms with Gasteiger partial charge < -0.3 is 31.0 Å². The molecule has 1 rings (SSSR count). The molecule has 78 valence electrons. The van der Waals surface area contributed by atoms with Gasteiger partial charge in [-0.2, -0.15) is 5.48 Å². The molecule has 5 unspecified atom stereocenters. The molecule has 1 saturated heterocycles. The summed E-state index contributed by atoms with van der Waals surface area (Å²) in [5.74, 6) is 0. The van der Waals surface area contributed by atoms with Gasteiger partial charge >= 0.3 is 0 Å². The molecule has 0 aliphatic carbocycles. The number of ether oxygens (including phenoxy) is 1. The second-order valence-electron chi connectivity index (χ2n) is 2.97. The van der Waals surface area contributed by atoms with Crippen LogP contribution in [0, 0.1) is 0 Å². The van der Waals surface area contributed by atoms with Crippen LogP contribution in [0.2, 0.25) is 0 Å². The Kier molecular flexibility index (Phi) is 3.56. The van der Waals surface area contributed by atoms with Crippen molar-refractivity contribution in [2.45, 2.75) is 30.6 Å². The third-order valence-corrected chi connectivity index (χ3v) is 2.11. The van der Waals surface area contributed by atoms with Gasteiger partial charge in [-0.05, 0) is 0 Å². The van der Waals surface area contributed by atoms with Crippen molar-refractivity contribution in [3.63, 3.8) is 0 Å². The van der Waals surface area contributed by atoms with E-state index >= 15 is 0 Å². The lowest BCUT2D eigenvalue weighted by atomic mass is 9.97. The smallest absolute Gasteiger partial charge is 0.157 e. The molecule has 7 heteroatoms. The molecule has 0 radical (unpaired) electrons. The predicted octanol–water partition coefficient (Wildman–Crippen LogP) is -3.27. The molecular formula is C6H14N2O5. The van der Waals surface area contributed by atoms with Gasteiger partial charge in [-0.25, -0.2) is 0 Å². The third-order valence-electron chi connectivity index (χ3n) is 2.11. The fraction of sp³-hybridized carbons (Fsp3) is 1.00. The summed E-state index contributed by atoms with van der Waals surface area (Å²) in [6, 6.07) is -0.962. The highest BCUT2D eigenvalue weighted by Crippen LogP contribution is 2.17. The molecule has 0 aromatic rings. The van der Waals surface area contributed by atoms with E-state index in [1.165, 1.54) is 0 Å². The Hall–Kier alpha value is -0.280. The van der Waals surface area contributed by atoms with Gasteiger partial charge in [-0.15, -0.1) is 0 Å². The van der Waals surface area contributed by atoms with Crippen molar-refractivity contribution in [2.75, 3.05) is 6.61 Å². The molecule has 7 N–H and O–H groups in total. The Morgan fingerprint density at radius 3 is 2.38 bits per heavy atom. The first-order chi connectivity index (χ1) is 6.11. The number of nitrogens with one attached hydrogen (secondary N) is 1. The summed E-state index contributed by atoms with van der Waals surface area (Å²) in [6.07, 6.45) is -4.36. The van der Waals surface area contributed by atoms with Crippen molar-refractivity contribution >= 4 is 0 Å². The molecule has 1 heterocycles. The van der Waals surface area contributed by atoms with E-state index in [9.17, 15) is 10.2 Å². The summed E-state index contributed by atoms with van der Waals surface area (Å²) in [5, 5.41) is 35.9. The first-order valence-corrected chi connectivity index (χ1v) is 3.89. The third kappa shape index (κ3) is 1.97. The molecule has 0 amide bonds. The van der Waals surface area contributed by atoms with E-state index in [4.69, 9.17) is 20.8 Å². The van der Waals surface area contributed by atoms with Crippen LogP contribution in [0.3, 0.4) is 0 Å². The molecule has 1 aliphatic rings. The monoisotopic (exact) mass is 194 g/mol. The van der Waals surface area contributed by atoms with Crippen LogP contribution in [0.4, 0.5) is 0 Å².